The summed E-state index contributed by atoms with van der Waals surface area (Å²) in [4.78, 5) is 22.7. The molecule has 0 saturated carbocycles. The van der Waals surface area contributed by atoms with Crippen LogP contribution in [0.5, 0.6) is 0 Å². The molecule has 0 unspecified atom stereocenters. The Morgan fingerprint density at radius 2 is 1.83 bits per heavy atom. The highest BCUT2D eigenvalue weighted by Gasteiger charge is 2.37. The van der Waals surface area contributed by atoms with Crippen LogP contribution >= 0.6 is 15.9 Å². The number of rotatable bonds is 4. The van der Waals surface area contributed by atoms with Crippen LogP contribution in [0.4, 0.5) is 23.2 Å². The lowest BCUT2D eigenvalue weighted by molar-refractivity contribution is -0.140. The maximum Gasteiger partial charge on any atom is 0.420 e. The summed E-state index contributed by atoms with van der Waals surface area (Å²) in [6.07, 6.45) is -4.33. The lowest BCUT2D eigenvalue weighted by Gasteiger charge is -2.15. The monoisotopic (exact) mass is 399 g/mol. The Hall–Kier alpha value is -2.10. The summed E-state index contributed by atoms with van der Waals surface area (Å²) < 4.78 is 60.7. The molecule has 0 fully saturated rings. The number of hydrogen-bond donors (Lipinski definition) is 1. The molecule has 1 N–H and O–H groups in total. The molecule has 0 spiro atoms. The molecule has 0 atom stereocenters. The molecule has 10 heteroatoms. The third-order valence-electron chi connectivity index (χ3n) is 2.51. The normalized spacial score (nSPS) is 11.9. The highest BCUT2D eigenvalue weighted by molar-refractivity contribution is 9.10. The van der Waals surface area contributed by atoms with Gasteiger partial charge >= 0.3 is 18.1 Å². The predicted octanol–water partition coefficient (Wildman–Crippen LogP) is 3.25. The molecule has 1 rings (SSSR count). The van der Waals surface area contributed by atoms with Gasteiger partial charge in [-0.05, 0) is 12.1 Å². The number of nitrogens with one attached hydrogen (secondary N) is 1. The molecule has 1 aromatic carbocycles. The van der Waals surface area contributed by atoms with Crippen molar-refractivity contribution in [1.29, 1.82) is 0 Å². The minimum atomic E-state index is -4.96. The summed E-state index contributed by atoms with van der Waals surface area (Å²) in [6.45, 7) is 0. The van der Waals surface area contributed by atoms with E-state index < -0.39 is 45.4 Å². The smallest absolute Gasteiger partial charge is 0.420 e. The van der Waals surface area contributed by atoms with Crippen molar-refractivity contribution in [3.63, 3.8) is 0 Å². The van der Waals surface area contributed by atoms with Crippen molar-refractivity contribution < 1.29 is 36.6 Å². The summed E-state index contributed by atoms with van der Waals surface area (Å²) in [5.74, 6) is -3.72. The zero-order valence-corrected chi connectivity index (χ0v) is 13.3. The fourth-order valence-electron chi connectivity index (χ4n) is 1.49. The molecule has 23 heavy (non-hydrogen) atoms. The van der Waals surface area contributed by atoms with Crippen LogP contribution in [0.3, 0.4) is 0 Å². The second-order valence-electron chi connectivity index (χ2n) is 3.98. The van der Waals surface area contributed by atoms with Crippen molar-refractivity contribution in [3.8, 4) is 0 Å². The van der Waals surface area contributed by atoms with Crippen molar-refractivity contribution >= 4 is 33.6 Å². The number of ether oxygens (including phenoxy) is 2. The van der Waals surface area contributed by atoms with E-state index in [4.69, 9.17) is 0 Å². The Morgan fingerprint density at radius 1 is 1.22 bits per heavy atom. The van der Waals surface area contributed by atoms with Crippen molar-refractivity contribution in [3.05, 3.63) is 39.8 Å². The standard InChI is InChI=1S/C13H10BrF4NO4/c1-22-9(20)5-8(12(21)23-2)19-7-4-3-6(14)10(11(7)15)13(16,17)18/h3-5,19H,1-2H3/b8-5+. The van der Waals surface area contributed by atoms with Crippen molar-refractivity contribution in [2.24, 2.45) is 0 Å². The van der Waals surface area contributed by atoms with Gasteiger partial charge in [0.2, 0.25) is 0 Å². The number of esters is 2. The number of carbonyl (C=O) groups is 2. The number of hydrogen-bond acceptors (Lipinski definition) is 5. The van der Waals surface area contributed by atoms with Crippen LogP contribution in [0.15, 0.2) is 28.4 Å². The average Bonchev–Trinajstić information content (AvgIpc) is 2.46. The number of methoxy groups -OCH3 is 2. The molecule has 0 radical (unpaired) electrons. The number of carbonyl (C=O) groups excluding carboxylic acids is 2. The van der Waals surface area contributed by atoms with Crippen LogP contribution in [0.1, 0.15) is 5.56 Å². The van der Waals surface area contributed by atoms with Crippen LogP contribution in [-0.4, -0.2) is 26.2 Å². The second-order valence-corrected chi connectivity index (χ2v) is 4.83. The van der Waals surface area contributed by atoms with E-state index in [2.05, 4.69) is 30.7 Å². The van der Waals surface area contributed by atoms with Crippen LogP contribution in [0.2, 0.25) is 0 Å². The maximum atomic E-state index is 14.1. The van der Waals surface area contributed by atoms with Gasteiger partial charge in [0.25, 0.3) is 0 Å². The van der Waals surface area contributed by atoms with E-state index >= 15 is 0 Å². The molecule has 0 bridgehead atoms. The van der Waals surface area contributed by atoms with Gasteiger partial charge in [0.1, 0.15) is 11.3 Å². The molecule has 0 aliphatic heterocycles. The molecule has 0 aromatic heterocycles. The zero-order valence-electron chi connectivity index (χ0n) is 11.8. The van der Waals surface area contributed by atoms with Gasteiger partial charge in [0.15, 0.2) is 5.82 Å². The molecular formula is C13H10BrF4NO4. The Labute approximate surface area is 136 Å². The van der Waals surface area contributed by atoms with Gasteiger partial charge in [-0.2, -0.15) is 13.2 Å². The zero-order chi connectivity index (χ0) is 17.8. The minimum Gasteiger partial charge on any atom is -0.466 e. The Balaban J connectivity index is 3.33. The first kappa shape index (κ1) is 18.9. The van der Waals surface area contributed by atoms with E-state index in [1.165, 1.54) is 0 Å². The summed E-state index contributed by atoms with van der Waals surface area (Å²) >= 11 is 2.61. The van der Waals surface area contributed by atoms with Crippen LogP contribution in [0.25, 0.3) is 0 Å². The third-order valence-corrected chi connectivity index (χ3v) is 3.17. The van der Waals surface area contributed by atoms with Gasteiger partial charge in [-0.25, -0.2) is 14.0 Å². The van der Waals surface area contributed by atoms with E-state index in [0.717, 1.165) is 26.4 Å². The van der Waals surface area contributed by atoms with Crippen molar-refractivity contribution in [2.45, 2.75) is 6.18 Å². The van der Waals surface area contributed by atoms with Crippen molar-refractivity contribution in [2.75, 3.05) is 19.5 Å². The SMILES string of the molecule is COC(=O)/C=C(/Nc1ccc(Br)c(C(F)(F)F)c1F)C(=O)OC. The van der Waals surface area contributed by atoms with Crippen LogP contribution in [0, 0.1) is 5.82 Å². The van der Waals surface area contributed by atoms with E-state index in [1.54, 1.807) is 0 Å². The number of halogens is 5. The number of alkyl halides is 3. The predicted molar refractivity (Wildman–Crippen MR) is 74.8 cm³/mol. The molecule has 126 valence electrons. The van der Waals surface area contributed by atoms with Gasteiger partial charge in [-0.3, -0.25) is 0 Å². The Bertz CT molecular complexity index is 658. The van der Waals surface area contributed by atoms with Gasteiger partial charge in [-0.15, -0.1) is 0 Å². The van der Waals surface area contributed by atoms with E-state index in [9.17, 15) is 27.2 Å². The molecule has 1 aromatic rings. The lowest BCUT2D eigenvalue weighted by Crippen LogP contribution is -2.18. The van der Waals surface area contributed by atoms with Crippen LogP contribution < -0.4 is 5.32 Å². The minimum absolute atomic E-state index is 0.510. The molecule has 0 heterocycles. The number of benzene rings is 1. The summed E-state index contributed by atoms with van der Waals surface area (Å²) in [5, 5.41) is 2.09. The van der Waals surface area contributed by atoms with Gasteiger partial charge in [0, 0.05) is 4.47 Å². The van der Waals surface area contributed by atoms with Gasteiger partial charge < -0.3 is 14.8 Å². The average molecular weight is 400 g/mol. The molecule has 0 saturated heterocycles. The first-order valence-corrected chi connectivity index (χ1v) is 6.61. The quantitative estimate of drug-likeness (QED) is 0.478. The van der Waals surface area contributed by atoms with E-state index in [-0.39, 0.29) is 0 Å². The fraction of sp³-hybridized carbons (Fsp3) is 0.231. The molecule has 0 amide bonds. The maximum absolute atomic E-state index is 14.1. The Kier molecular flexibility index (Phi) is 6.13. The second kappa shape index (κ2) is 7.44. The first-order chi connectivity index (χ1) is 10.6. The fourth-order valence-corrected chi connectivity index (χ4v) is 2.02. The Morgan fingerprint density at radius 3 is 2.30 bits per heavy atom. The topological polar surface area (TPSA) is 64.6 Å². The molecule has 0 aliphatic carbocycles. The molecule has 5 nitrogen and oxygen atoms in total. The highest BCUT2D eigenvalue weighted by atomic mass is 79.9. The van der Waals surface area contributed by atoms with E-state index in [0.29, 0.717) is 6.08 Å². The van der Waals surface area contributed by atoms with E-state index in [1.807, 2.05) is 0 Å². The summed E-state index contributed by atoms with van der Waals surface area (Å²) in [7, 11) is 2.00. The summed E-state index contributed by atoms with van der Waals surface area (Å²) in [5.41, 5.74) is -2.81. The number of anilines is 1. The lowest BCUT2D eigenvalue weighted by atomic mass is 10.1. The largest absolute Gasteiger partial charge is 0.466 e. The third kappa shape index (κ3) is 4.68. The summed E-state index contributed by atoms with van der Waals surface area (Å²) in [6, 6.07) is 1.91. The van der Waals surface area contributed by atoms with Gasteiger partial charge in [0.05, 0.1) is 26.0 Å². The molecule has 0 aliphatic rings. The van der Waals surface area contributed by atoms with Gasteiger partial charge in [-0.1, -0.05) is 15.9 Å². The van der Waals surface area contributed by atoms with Crippen LogP contribution in [-0.2, 0) is 25.2 Å². The molecular weight excluding hydrogens is 390 g/mol. The van der Waals surface area contributed by atoms with Crippen molar-refractivity contribution in [1.82, 2.24) is 0 Å². The first-order valence-electron chi connectivity index (χ1n) is 5.82. The highest BCUT2D eigenvalue weighted by Crippen LogP contribution is 2.39.